The van der Waals surface area contributed by atoms with Crippen LogP contribution in [0.4, 0.5) is 5.82 Å². The number of benzene rings is 2. The number of anilines is 1. The lowest BCUT2D eigenvalue weighted by atomic mass is 9.99. The molecule has 2 aromatic carbocycles. The molecular weight excluding hydrogens is 326 g/mol. The van der Waals surface area contributed by atoms with E-state index in [0.29, 0.717) is 0 Å². The SMILES string of the molecule is c1csc(-c2nc(N3CCc4ccccc4C3)c3ccccc3n2)c1. The molecule has 0 saturated heterocycles. The highest BCUT2D eigenvalue weighted by molar-refractivity contribution is 7.13. The molecule has 2 aromatic heterocycles. The fourth-order valence-corrected chi connectivity index (χ4v) is 4.15. The molecule has 3 heterocycles. The summed E-state index contributed by atoms with van der Waals surface area (Å²) in [5, 5.41) is 3.20. The summed E-state index contributed by atoms with van der Waals surface area (Å²) < 4.78 is 0. The standard InChI is InChI=1S/C21H17N3S/c1-2-7-16-14-24(12-11-15(16)6-1)21-17-8-3-4-9-18(17)22-20(23-21)19-10-5-13-25-19/h1-10,13H,11-12,14H2. The zero-order valence-corrected chi connectivity index (χ0v) is 14.5. The van der Waals surface area contributed by atoms with Crippen LogP contribution in [0.1, 0.15) is 11.1 Å². The quantitative estimate of drug-likeness (QED) is 0.517. The number of rotatable bonds is 2. The lowest BCUT2D eigenvalue weighted by Crippen LogP contribution is -2.31. The highest BCUT2D eigenvalue weighted by Gasteiger charge is 2.20. The van der Waals surface area contributed by atoms with E-state index in [1.54, 1.807) is 11.3 Å². The van der Waals surface area contributed by atoms with Gasteiger partial charge in [-0.2, -0.15) is 0 Å². The van der Waals surface area contributed by atoms with Crippen molar-refractivity contribution in [1.82, 2.24) is 9.97 Å². The summed E-state index contributed by atoms with van der Waals surface area (Å²) in [6.45, 7) is 1.89. The van der Waals surface area contributed by atoms with E-state index in [1.807, 2.05) is 6.07 Å². The number of hydrogen-bond donors (Lipinski definition) is 0. The summed E-state index contributed by atoms with van der Waals surface area (Å²) in [6.07, 6.45) is 1.06. The number of hydrogen-bond acceptors (Lipinski definition) is 4. The van der Waals surface area contributed by atoms with Crippen LogP contribution in [0.2, 0.25) is 0 Å². The summed E-state index contributed by atoms with van der Waals surface area (Å²) in [6, 6.07) is 21.2. The third-order valence-corrected chi connectivity index (χ3v) is 5.62. The molecule has 0 fully saturated rings. The van der Waals surface area contributed by atoms with Crippen LogP contribution >= 0.6 is 11.3 Å². The van der Waals surface area contributed by atoms with Crippen molar-refractivity contribution in [3.05, 3.63) is 77.2 Å². The number of thiophene rings is 1. The molecule has 0 bridgehead atoms. The topological polar surface area (TPSA) is 29.0 Å². The third kappa shape index (κ3) is 2.59. The number of para-hydroxylation sites is 1. The number of aromatic nitrogens is 2. The molecule has 0 atom stereocenters. The Morgan fingerprint density at radius 2 is 1.68 bits per heavy atom. The van der Waals surface area contributed by atoms with E-state index in [9.17, 15) is 0 Å². The van der Waals surface area contributed by atoms with Crippen molar-refractivity contribution in [2.24, 2.45) is 0 Å². The number of nitrogens with zero attached hydrogens (tertiary/aromatic N) is 3. The average molecular weight is 343 g/mol. The number of fused-ring (bicyclic) bond motifs is 2. The van der Waals surface area contributed by atoms with Crippen molar-refractivity contribution < 1.29 is 0 Å². The summed E-state index contributed by atoms with van der Waals surface area (Å²) in [5.41, 5.74) is 3.86. The molecule has 1 aliphatic heterocycles. The lowest BCUT2D eigenvalue weighted by Gasteiger charge is -2.30. The van der Waals surface area contributed by atoms with Gasteiger partial charge in [0.25, 0.3) is 0 Å². The van der Waals surface area contributed by atoms with Gasteiger partial charge in [-0.3, -0.25) is 0 Å². The summed E-state index contributed by atoms with van der Waals surface area (Å²) in [5.74, 6) is 1.87. The van der Waals surface area contributed by atoms with Crippen LogP contribution in [0.5, 0.6) is 0 Å². The van der Waals surface area contributed by atoms with Crippen LogP contribution in [0.3, 0.4) is 0 Å². The zero-order valence-electron chi connectivity index (χ0n) is 13.7. The molecule has 5 rings (SSSR count). The Balaban J connectivity index is 1.65. The summed E-state index contributed by atoms with van der Waals surface area (Å²) >= 11 is 1.68. The second-order valence-electron chi connectivity index (χ2n) is 6.31. The molecule has 0 saturated carbocycles. The van der Waals surface area contributed by atoms with E-state index in [4.69, 9.17) is 9.97 Å². The minimum atomic E-state index is 0.822. The van der Waals surface area contributed by atoms with E-state index < -0.39 is 0 Å². The van der Waals surface area contributed by atoms with Crippen molar-refractivity contribution in [3.63, 3.8) is 0 Å². The van der Waals surface area contributed by atoms with E-state index in [-0.39, 0.29) is 0 Å². The lowest BCUT2D eigenvalue weighted by molar-refractivity contribution is 0.723. The summed E-state index contributed by atoms with van der Waals surface area (Å²) in [4.78, 5) is 13.3. The van der Waals surface area contributed by atoms with E-state index in [2.05, 4.69) is 64.9 Å². The Hall–Kier alpha value is -2.72. The molecular formula is C21H17N3S. The molecule has 4 aromatic rings. The Labute approximate surface area is 150 Å². The van der Waals surface area contributed by atoms with Crippen LogP contribution in [-0.4, -0.2) is 16.5 Å². The molecule has 0 radical (unpaired) electrons. The Kier molecular flexibility index (Phi) is 3.49. The minimum Gasteiger partial charge on any atom is -0.351 e. The van der Waals surface area contributed by atoms with Crippen molar-refractivity contribution >= 4 is 28.1 Å². The molecule has 0 aliphatic carbocycles. The molecule has 1 aliphatic rings. The van der Waals surface area contributed by atoms with Gasteiger partial charge in [0.2, 0.25) is 0 Å². The first-order valence-electron chi connectivity index (χ1n) is 8.51. The van der Waals surface area contributed by atoms with Gasteiger partial charge >= 0.3 is 0 Å². The fourth-order valence-electron chi connectivity index (χ4n) is 3.49. The Morgan fingerprint density at radius 1 is 0.840 bits per heavy atom. The van der Waals surface area contributed by atoms with Crippen molar-refractivity contribution in [1.29, 1.82) is 0 Å². The molecule has 4 heteroatoms. The maximum absolute atomic E-state index is 4.97. The predicted octanol–water partition coefficient (Wildman–Crippen LogP) is 4.92. The molecule has 0 amide bonds. The monoisotopic (exact) mass is 343 g/mol. The summed E-state index contributed by atoms with van der Waals surface area (Å²) in [7, 11) is 0. The van der Waals surface area contributed by atoms with Gasteiger partial charge in [-0.05, 0) is 41.1 Å². The maximum atomic E-state index is 4.97. The molecule has 3 nitrogen and oxygen atoms in total. The molecule has 25 heavy (non-hydrogen) atoms. The highest BCUT2D eigenvalue weighted by Crippen LogP contribution is 2.32. The Bertz CT molecular complexity index is 1040. The van der Waals surface area contributed by atoms with Crippen LogP contribution < -0.4 is 4.90 Å². The second-order valence-corrected chi connectivity index (χ2v) is 7.25. The van der Waals surface area contributed by atoms with Gasteiger partial charge in [0.15, 0.2) is 5.82 Å². The first-order chi connectivity index (χ1) is 12.4. The first kappa shape index (κ1) is 14.6. The maximum Gasteiger partial charge on any atom is 0.172 e. The predicted molar refractivity (Wildman–Crippen MR) is 104 cm³/mol. The zero-order chi connectivity index (χ0) is 16.6. The molecule has 0 spiro atoms. The van der Waals surface area contributed by atoms with Crippen LogP contribution in [0.25, 0.3) is 21.6 Å². The van der Waals surface area contributed by atoms with Crippen LogP contribution in [0, 0.1) is 0 Å². The van der Waals surface area contributed by atoms with Crippen LogP contribution in [0.15, 0.2) is 66.0 Å². The first-order valence-corrected chi connectivity index (χ1v) is 9.39. The van der Waals surface area contributed by atoms with E-state index >= 15 is 0 Å². The minimum absolute atomic E-state index is 0.822. The van der Waals surface area contributed by atoms with Gasteiger partial charge in [-0.25, -0.2) is 9.97 Å². The smallest absolute Gasteiger partial charge is 0.172 e. The van der Waals surface area contributed by atoms with Crippen molar-refractivity contribution in [3.8, 4) is 10.7 Å². The Morgan fingerprint density at radius 3 is 2.56 bits per heavy atom. The molecule has 122 valence electrons. The van der Waals surface area contributed by atoms with Gasteiger partial charge < -0.3 is 4.90 Å². The normalized spacial score (nSPS) is 13.8. The van der Waals surface area contributed by atoms with Gasteiger partial charge in [0, 0.05) is 18.5 Å². The largest absolute Gasteiger partial charge is 0.351 e. The van der Waals surface area contributed by atoms with Crippen LogP contribution in [-0.2, 0) is 13.0 Å². The van der Waals surface area contributed by atoms with Gasteiger partial charge in [-0.1, -0.05) is 42.5 Å². The van der Waals surface area contributed by atoms with Crippen molar-refractivity contribution in [2.45, 2.75) is 13.0 Å². The average Bonchev–Trinajstić information content (AvgIpc) is 3.21. The highest BCUT2D eigenvalue weighted by atomic mass is 32.1. The van der Waals surface area contributed by atoms with Gasteiger partial charge in [0.1, 0.15) is 5.82 Å². The van der Waals surface area contributed by atoms with Gasteiger partial charge in [0.05, 0.1) is 10.4 Å². The van der Waals surface area contributed by atoms with Gasteiger partial charge in [-0.15, -0.1) is 11.3 Å². The third-order valence-electron chi connectivity index (χ3n) is 4.75. The van der Waals surface area contributed by atoms with Crippen molar-refractivity contribution in [2.75, 3.05) is 11.4 Å². The van der Waals surface area contributed by atoms with E-state index in [0.717, 1.165) is 46.9 Å². The van der Waals surface area contributed by atoms with E-state index in [1.165, 1.54) is 11.1 Å². The molecule has 0 N–H and O–H groups in total. The molecule has 0 unspecified atom stereocenters. The fraction of sp³-hybridized carbons (Fsp3) is 0.143. The second kappa shape index (κ2) is 5.97.